The third kappa shape index (κ3) is 6.18. The van der Waals surface area contributed by atoms with Crippen LogP contribution in [0.3, 0.4) is 0 Å². The van der Waals surface area contributed by atoms with Crippen LogP contribution >= 0.6 is 0 Å². The highest BCUT2D eigenvalue weighted by Gasteiger charge is 2.29. The third-order valence-electron chi connectivity index (χ3n) is 3.59. The largest absolute Gasteiger partial charge is 0.477 e. The number of ether oxygens (including phenoxy) is 2. The normalized spacial score (nSPS) is 21.5. The monoisotopic (exact) mass is 374 g/mol. The van der Waals surface area contributed by atoms with Crippen LogP contribution in [0.4, 0.5) is 0 Å². The Balaban J connectivity index is 1.50. The van der Waals surface area contributed by atoms with Crippen LogP contribution in [0.1, 0.15) is 25.7 Å². The number of rotatable bonds is 10. The molecule has 0 bridgehead atoms. The quantitative estimate of drug-likeness (QED) is 0.336. The van der Waals surface area contributed by atoms with E-state index in [1.54, 1.807) is 0 Å². The minimum Gasteiger partial charge on any atom is -0.464 e. The Morgan fingerprint density at radius 1 is 0.923 bits per heavy atom. The van der Waals surface area contributed by atoms with E-state index in [1.807, 2.05) is 0 Å². The lowest BCUT2D eigenvalue weighted by Crippen LogP contribution is -2.38. The first-order chi connectivity index (χ1) is 12.5. The topological polar surface area (TPSA) is 149 Å². The molecule has 0 spiro atoms. The second kappa shape index (κ2) is 9.53. The Morgan fingerprint density at radius 3 is 1.69 bits per heavy atom. The van der Waals surface area contributed by atoms with Crippen molar-refractivity contribution >= 4 is 23.8 Å². The number of esters is 2. The summed E-state index contributed by atoms with van der Waals surface area (Å²) < 4.78 is 9.40. The van der Waals surface area contributed by atoms with Gasteiger partial charge in [0, 0.05) is 12.8 Å². The highest BCUT2D eigenvalue weighted by atomic mass is 17.0. The smallest absolute Gasteiger partial charge is 0.464 e. The summed E-state index contributed by atoms with van der Waals surface area (Å²) in [5, 5.41) is 4.71. The number of nitrogens with zero attached hydrogens (tertiary/aromatic N) is 1. The molecule has 2 heterocycles. The first kappa shape index (κ1) is 19.4. The highest BCUT2D eigenvalue weighted by Crippen LogP contribution is 2.06. The summed E-state index contributed by atoms with van der Waals surface area (Å²) in [6, 6.07) is -1.34. The Hall–Kier alpha value is -2.92. The van der Waals surface area contributed by atoms with E-state index in [1.165, 1.54) is 0 Å². The van der Waals surface area contributed by atoms with Crippen LogP contribution in [0.15, 0.2) is 0 Å². The molecule has 2 aliphatic heterocycles. The molecule has 0 saturated carbocycles. The van der Waals surface area contributed by atoms with Crippen LogP contribution in [0, 0.1) is 4.91 Å². The molecule has 0 radical (unpaired) electrons. The van der Waals surface area contributed by atoms with E-state index in [2.05, 4.69) is 20.3 Å². The molecule has 144 valence electrons. The number of nitrogens with one attached hydrogen (secondary N) is 2. The average molecular weight is 374 g/mol. The summed E-state index contributed by atoms with van der Waals surface area (Å²) in [6.07, 6.45) is 0.498. The molecule has 0 aromatic rings. The molecule has 26 heavy (non-hydrogen) atoms. The van der Waals surface area contributed by atoms with Gasteiger partial charge in [0.05, 0.1) is 26.1 Å². The fraction of sp³-hybridized carbons (Fsp3) is 0.714. The van der Waals surface area contributed by atoms with Gasteiger partial charge in [0.1, 0.15) is 17.0 Å². The van der Waals surface area contributed by atoms with Crippen LogP contribution in [-0.2, 0) is 38.3 Å². The predicted molar refractivity (Wildman–Crippen MR) is 79.8 cm³/mol. The molecule has 0 aromatic carbocycles. The van der Waals surface area contributed by atoms with E-state index in [-0.39, 0.29) is 44.4 Å². The zero-order chi connectivity index (χ0) is 18.9. The van der Waals surface area contributed by atoms with Gasteiger partial charge in [-0.25, -0.2) is 9.59 Å². The molecule has 2 atom stereocenters. The van der Waals surface area contributed by atoms with E-state index < -0.39 is 35.8 Å². The zero-order valence-electron chi connectivity index (χ0n) is 13.9. The van der Waals surface area contributed by atoms with Crippen LogP contribution in [-0.4, -0.2) is 67.4 Å². The molecular weight excluding hydrogens is 354 g/mol. The van der Waals surface area contributed by atoms with Gasteiger partial charge < -0.3 is 20.1 Å². The van der Waals surface area contributed by atoms with Crippen molar-refractivity contribution in [3.8, 4) is 0 Å². The van der Waals surface area contributed by atoms with E-state index in [0.29, 0.717) is 12.8 Å². The van der Waals surface area contributed by atoms with Gasteiger partial charge in [0.15, 0.2) is 13.2 Å². The lowest BCUT2D eigenvalue weighted by Gasteiger charge is -2.07. The number of carbonyl (C=O) groups is 4. The second-order valence-electron chi connectivity index (χ2n) is 5.54. The van der Waals surface area contributed by atoms with Gasteiger partial charge in [0.25, 0.3) is 0 Å². The molecule has 0 aliphatic carbocycles. The number of hydrogen-bond acceptors (Lipinski definition) is 9. The summed E-state index contributed by atoms with van der Waals surface area (Å²) in [6.45, 7) is -0.00957. The highest BCUT2D eigenvalue weighted by molar-refractivity contribution is 5.86. The van der Waals surface area contributed by atoms with Crippen molar-refractivity contribution in [2.45, 2.75) is 37.8 Å². The van der Waals surface area contributed by atoms with Crippen molar-refractivity contribution in [3.05, 3.63) is 4.91 Å². The summed E-state index contributed by atoms with van der Waals surface area (Å²) in [7, 11) is 0. The van der Waals surface area contributed by atoms with Crippen molar-refractivity contribution < 1.29 is 43.4 Å². The first-order valence-electron chi connectivity index (χ1n) is 8.11. The molecule has 2 saturated heterocycles. The van der Waals surface area contributed by atoms with Gasteiger partial charge in [0.2, 0.25) is 11.8 Å². The lowest BCUT2D eigenvalue weighted by atomic mass is 10.2. The Bertz CT molecular complexity index is 532. The van der Waals surface area contributed by atoms with Crippen molar-refractivity contribution in [1.82, 2.24) is 10.6 Å². The molecule has 2 amide bonds. The Morgan fingerprint density at radius 2 is 1.35 bits per heavy atom. The Labute approximate surface area is 147 Å². The maximum atomic E-state index is 11.6. The van der Waals surface area contributed by atoms with Crippen LogP contribution in [0.2, 0.25) is 0 Å². The fourth-order valence-corrected chi connectivity index (χ4v) is 2.25. The maximum absolute atomic E-state index is 11.6. The van der Waals surface area contributed by atoms with Crippen LogP contribution in [0.25, 0.3) is 0 Å². The van der Waals surface area contributed by atoms with E-state index in [9.17, 15) is 24.1 Å². The third-order valence-corrected chi connectivity index (χ3v) is 3.59. The summed E-state index contributed by atoms with van der Waals surface area (Å²) in [5.41, 5.74) is 0. The molecule has 12 heteroatoms. The van der Waals surface area contributed by atoms with E-state index >= 15 is 0 Å². The van der Waals surface area contributed by atoms with Crippen molar-refractivity contribution in [2.24, 2.45) is 0 Å². The summed E-state index contributed by atoms with van der Waals surface area (Å²) in [5.74, 6) is -1.91. The second-order valence-corrected chi connectivity index (χ2v) is 5.54. The maximum Gasteiger partial charge on any atom is 0.477 e. The molecule has 2 unspecified atom stereocenters. The van der Waals surface area contributed by atoms with Gasteiger partial charge in [-0.15, -0.1) is 0 Å². The lowest BCUT2D eigenvalue weighted by molar-refractivity contribution is -0.981. The minimum absolute atomic E-state index is 0.157. The SMILES string of the molecule is O=C(CCO[N+](=O)OCCC(=O)NC1CCOC1=O)NC1CCOC1=O. The Kier molecular flexibility index (Phi) is 7.12. The fourth-order valence-electron chi connectivity index (χ4n) is 2.25. The number of amides is 2. The molecule has 2 rings (SSSR count). The van der Waals surface area contributed by atoms with Gasteiger partial charge in [-0.2, -0.15) is 9.68 Å². The average Bonchev–Trinajstić information content (AvgIpc) is 3.16. The van der Waals surface area contributed by atoms with Crippen LogP contribution in [0.5, 0.6) is 0 Å². The van der Waals surface area contributed by atoms with Crippen molar-refractivity contribution in [1.29, 1.82) is 0 Å². The zero-order valence-corrected chi connectivity index (χ0v) is 13.9. The van der Waals surface area contributed by atoms with E-state index in [0.717, 1.165) is 0 Å². The van der Waals surface area contributed by atoms with Gasteiger partial charge in [-0.05, 0) is 0 Å². The van der Waals surface area contributed by atoms with Crippen molar-refractivity contribution in [2.75, 3.05) is 26.4 Å². The number of carbonyl (C=O) groups excluding carboxylic acids is 4. The molecule has 2 N–H and O–H groups in total. The molecule has 2 fully saturated rings. The summed E-state index contributed by atoms with van der Waals surface area (Å²) in [4.78, 5) is 66.0. The number of hydrogen-bond donors (Lipinski definition) is 2. The summed E-state index contributed by atoms with van der Waals surface area (Å²) >= 11 is 0. The molecule has 2 aliphatic rings. The molecule has 12 nitrogen and oxygen atoms in total. The van der Waals surface area contributed by atoms with Gasteiger partial charge in [-0.3, -0.25) is 9.59 Å². The minimum atomic E-state index is -0.669. The van der Waals surface area contributed by atoms with Crippen molar-refractivity contribution in [3.63, 3.8) is 0 Å². The van der Waals surface area contributed by atoms with Gasteiger partial charge in [-0.1, -0.05) is 0 Å². The first-order valence-corrected chi connectivity index (χ1v) is 8.11. The predicted octanol–water partition coefficient (Wildman–Crippen LogP) is -1.73. The molecular formula is C14H20N3O9+. The standard InChI is InChI=1S/C14H19N3O9/c18-11(15-9-1-5-23-13(9)20)3-7-25-17(22)26-8-4-12(19)16-10-2-6-24-14(10)21/h9-10H,1-8H2,(H-,15,16,18,19)/p+1. The number of cyclic esters (lactones) is 2. The van der Waals surface area contributed by atoms with E-state index in [4.69, 9.17) is 9.47 Å². The molecule has 0 aromatic heterocycles. The van der Waals surface area contributed by atoms with Gasteiger partial charge >= 0.3 is 17.0 Å². The van der Waals surface area contributed by atoms with Crippen LogP contribution < -0.4 is 10.6 Å².